The summed E-state index contributed by atoms with van der Waals surface area (Å²) in [5.74, 6) is 0.305. The zero-order chi connectivity index (χ0) is 18.7. The Morgan fingerprint density at radius 3 is 2.54 bits per heavy atom. The van der Waals surface area contributed by atoms with E-state index in [9.17, 15) is 14.9 Å². The number of carbonyl (C=O) groups excluding carboxylic acids is 1. The van der Waals surface area contributed by atoms with Gasteiger partial charge in [-0.05, 0) is 36.2 Å². The molecule has 0 saturated heterocycles. The third kappa shape index (κ3) is 4.34. The predicted molar refractivity (Wildman–Crippen MR) is 104 cm³/mol. The van der Waals surface area contributed by atoms with E-state index in [4.69, 9.17) is 0 Å². The van der Waals surface area contributed by atoms with E-state index < -0.39 is 4.92 Å². The third-order valence-corrected chi connectivity index (χ3v) is 4.53. The number of thiazole rings is 1. The van der Waals surface area contributed by atoms with E-state index in [1.807, 2.05) is 38.1 Å². The van der Waals surface area contributed by atoms with Gasteiger partial charge >= 0.3 is 0 Å². The number of nitrogens with one attached hydrogen (secondary N) is 2. The molecule has 8 heteroatoms. The van der Waals surface area contributed by atoms with Crippen LogP contribution in [0.3, 0.4) is 0 Å². The molecule has 0 spiro atoms. The van der Waals surface area contributed by atoms with Gasteiger partial charge < -0.3 is 10.6 Å². The molecular formula is C18H18N4O3S. The first-order valence-corrected chi connectivity index (χ1v) is 8.94. The summed E-state index contributed by atoms with van der Waals surface area (Å²) in [6.07, 6.45) is 0.484. The fraction of sp³-hybridized carbons (Fsp3) is 0.222. The summed E-state index contributed by atoms with van der Waals surface area (Å²) in [5, 5.41) is 17.5. The number of anilines is 3. The number of fused-ring (bicyclic) bond motifs is 1. The molecule has 0 unspecified atom stereocenters. The molecule has 2 aromatic carbocycles. The van der Waals surface area contributed by atoms with Crippen molar-refractivity contribution in [3.8, 4) is 0 Å². The van der Waals surface area contributed by atoms with Crippen molar-refractivity contribution in [3.05, 3.63) is 52.6 Å². The summed E-state index contributed by atoms with van der Waals surface area (Å²) >= 11 is 1.35. The Morgan fingerprint density at radius 1 is 1.19 bits per heavy atom. The molecule has 0 aliphatic carbocycles. The summed E-state index contributed by atoms with van der Waals surface area (Å²) in [7, 11) is 0. The molecule has 1 amide bonds. The number of amides is 1. The van der Waals surface area contributed by atoms with Crippen molar-refractivity contribution in [2.24, 2.45) is 5.92 Å². The maximum Gasteiger partial charge on any atom is 0.270 e. The molecule has 134 valence electrons. The molecule has 0 aliphatic rings. The lowest BCUT2D eigenvalue weighted by Gasteiger charge is -2.08. The van der Waals surface area contributed by atoms with E-state index in [2.05, 4.69) is 15.6 Å². The van der Waals surface area contributed by atoms with Crippen LogP contribution in [0.25, 0.3) is 10.2 Å². The molecule has 0 fully saturated rings. The Kier molecular flexibility index (Phi) is 5.13. The van der Waals surface area contributed by atoms with Crippen LogP contribution in [0.2, 0.25) is 0 Å². The Morgan fingerprint density at radius 2 is 1.88 bits per heavy atom. The van der Waals surface area contributed by atoms with Crippen LogP contribution in [0.15, 0.2) is 42.5 Å². The number of carbonyl (C=O) groups is 1. The maximum atomic E-state index is 11.8. The van der Waals surface area contributed by atoms with Crippen molar-refractivity contribution in [2.75, 3.05) is 10.6 Å². The molecule has 0 saturated carbocycles. The highest BCUT2D eigenvalue weighted by molar-refractivity contribution is 7.22. The van der Waals surface area contributed by atoms with Crippen LogP contribution >= 0.6 is 11.3 Å². The number of benzene rings is 2. The van der Waals surface area contributed by atoms with Crippen LogP contribution in [0.1, 0.15) is 20.3 Å². The maximum absolute atomic E-state index is 11.8. The molecule has 26 heavy (non-hydrogen) atoms. The van der Waals surface area contributed by atoms with E-state index >= 15 is 0 Å². The molecule has 3 rings (SSSR count). The van der Waals surface area contributed by atoms with Crippen molar-refractivity contribution in [2.45, 2.75) is 20.3 Å². The molecule has 1 heterocycles. The van der Waals surface area contributed by atoms with Gasteiger partial charge in [0.2, 0.25) is 5.91 Å². The average Bonchev–Trinajstić information content (AvgIpc) is 2.97. The normalized spacial score (nSPS) is 10.9. The summed E-state index contributed by atoms with van der Waals surface area (Å²) in [6, 6.07) is 11.9. The summed E-state index contributed by atoms with van der Waals surface area (Å²) < 4.78 is 0.749. The number of nitrogens with zero attached hydrogens (tertiary/aromatic N) is 2. The van der Waals surface area contributed by atoms with Gasteiger partial charge in [0.05, 0.1) is 15.1 Å². The summed E-state index contributed by atoms with van der Waals surface area (Å²) in [5.41, 5.74) is 2.32. The van der Waals surface area contributed by atoms with Crippen LogP contribution < -0.4 is 10.6 Å². The molecular weight excluding hydrogens is 352 g/mol. The lowest BCUT2D eigenvalue weighted by atomic mass is 10.1. The van der Waals surface area contributed by atoms with Gasteiger partial charge in [-0.1, -0.05) is 25.2 Å². The number of hydrogen-bond acceptors (Lipinski definition) is 6. The monoisotopic (exact) mass is 370 g/mol. The van der Waals surface area contributed by atoms with E-state index in [0.717, 1.165) is 16.1 Å². The largest absolute Gasteiger partial charge is 0.332 e. The fourth-order valence-electron chi connectivity index (χ4n) is 2.42. The van der Waals surface area contributed by atoms with Crippen LogP contribution in [-0.2, 0) is 4.79 Å². The standard InChI is InChI=1S/C18H18N4O3S/c1-11(2)9-17(23)19-12-3-5-13(6-4-12)20-18-21-15-8-7-14(22(24)25)10-16(15)26-18/h3-8,10-11H,9H2,1-2H3,(H,19,23)(H,20,21). The summed E-state index contributed by atoms with van der Waals surface area (Å²) in [4.78, 5) is 26.7. The number of rotatable bonds is 6. The minimum Gasteiger partial charge on any atom is -0.332 e. The Hall–Kier alpha value is -3.00. The van der Waals surface area contributed by atoms with Gasteiger partial charge in [0, 0.05) is 29.9 Å². The van der Waals surface area contributed by atoms with Gasteiger partial charge in [0.15, 0.2) is 5.13 Å². The molecule has 3 aromatic rings. The SMILES string of the molecule is CC(C)CC(=O)Nc1ccc(Nc2nc3ccc([N+](=O)[O-])cc3s2)cc1. The summed E-state index contributed by atoms with van der Waals surface area (Å²) in [6.45, 7) is 4.00. The highest BCUT2D eigenvalue weighted by atomic mass is 32.1. The van der Waals surface area contributed by atoms with Crippen LogP contribution in [0, 0.1) is 16.0 Å². The number of aromatic nitrogens is 1. The van der Waals surface area contributed by atoms with E-state index in [-0.39, 0.29) is 11.6 Å². The van der Waals surface area contributed by atoms with Gasteiger partial charge in [-0.15, -0.1) is 0 Å². The number of nitro benzene ring substituents is 1. The second kappa shape index (κ2) is 7.49. The first-order chi connectivity index (χ1) is 12.4. The average molecular weight is 370 g/mol. The number of hydrogen-bond donors (Lipinski definition) is 2. The van der Waals surface area contributed by atoms with Crippen molar-refractivity contribution in [1.82, 2.24) is 4.98 Å². The zero-order valence-electron chi connectivity index (χ0n) is 14.4. The topological polar surface area (TPSA) is 97.2 Å². The van der Waals surface area contributed by atoms with E-state index in [1.165, 1.54) is 23.5 Å². The molecule has 0 atom stereocenters. The molecule has 1 aromatic heterocycles. The van der Waals surface area contributed by atoms with Crippen molar-refractivity contribution < 1.29 is 9.72 Å². The van der Waals surface area contributed by atoms with Gasteiger partial charge in [-0.2, -0.15) is 0 Å². The molecule has 2 N–H and O–H groups in total. The van der Waals surface area contributed by atoms with Gasteiger partial charge in [-0.25, -0.2) is 4.98 Å². The quantitative estimate of drug-likeness (QED) is 0.473. The van der Waals surface area contributed by atoms with Gasteiger partial charge in [0.1, 0.15) is 0 Å². The highest BCUT2D eigenvalue weighted by Gasteiger charge is 2.10. The minimum atomic E-state index is -0.418. The van der Waals surface area contributed by atoms with E-state index in [0.29, 0.717) is 23.0 Å². The Labute approximate surface area is 154 Å². The Balaban J connectivity index is 1.70. The van der Waals surface area contributed by atoms with Gasteiger partial charge in [0.25, 0.3) is 5.69 Å². The second-order valence-electron chi connectivity index (χ2n) is 6.28. The number of non-ortho nitro benzene ring substituents is 1. The third-order valence-electron chi connectivity index (χ3n) is 3.60. The lowest BCUT2D eigenvalue weighted by Crippen LogP contribution is -2.13. The molecule has 0 radical (unpaired) electrons. The first kappa shape index (κ1) is 17.8. The first-order valence-electron chi connectivity index (χ1n) is 8.12. The highest BCUT2D eigenvalue weighted by Crippen LogP contribution is 2.31. The second-order valence-corrected chi connectivity index (χ2v) is 7.31. The minimum absolute atomic E-state index is 0.00604. The molecule has 0 bridgehead atoms. The fourth-order valence-corrected chi connectivity index (χ4v) is 3.34. The van der Waals surface area contributed by atoms with Crippen molar-refractivity contribution in [3.63, 3.8) is 0 Å². The van der Waals surface area contributed by atoms with Crippen molar-refractivity contribution >= 4 is 49.7 Å². The molecule has 7 nitrogen and oxygen atoms in total. The lowest BCUT2D eigenvalue weighted by molar-refractivity contribution is -0.384. The van der Waals surface area contributed by atoms with Crippen molar-refractivity contribution in [1.29, 1.82) is 0 Å². The molecule has 0 aliphatic heterocycles. The van der Waals surface area contributed by atoms with Gasteiger partial charge in [-0.3, -0.25) is 14.9 Å². The zero-order valence-corrected chi connectivity index (χ0v) is 15.2. The smallest absolute Gasteiger partial charge is 0.270 e. The Bertz CT molecular complexity index is 951. The van der Waals surface area contributed by atoms with E-state index in [1.54, 1.807) is 6.07 Å². The number of nitro groups is 1. The van der Waals surface area contributed by atoms with Crippen LogP contribution in [0.4, 0.5) is 22.2 Å². The van der Waals surface area contributed by atoms with Crippen LogP contribution in [-0.4, -0.2) is 15.8 Å². The predicted octanol–water partition coefficient (Wildman–Crippen LogP) is 4.93. The van der Waals surface area contributed by atoms with Crippen LogP contribution in [0.5, 0.6) is 0 Å².